The lowest BCUT2D eigenvalue weighted by Gasteiger charge is -2.10. The molecule has 0 spiro atoms. The van der Waals surface area contributed by atoms with Crippen LogP contribution in [0.1, 0.15) is 18.2 Å². The minimum absolute atomic E-state index is 0.638. The van der Waals surface area contributed by atoms with Crippen LogP contribution in [0.15, 0.2) is 120 Å². The van der Waals surface area contributed by atoms with Gasteiger partial charge in [-0.2, -0.15) is 0 Å². The van der Waals surface area contributed by atoms with Crippen molar-refractivity contribution in [1.82, 2.24) is 9.97 Å². The highest BCUT2D eigenvalue weighted by Crippen LogP contribution is 2.37. The monoisotopic (exact) mass is 556 g/mol. The zero-order chi connectivity index (χ0) is 25.9. The fraction of sp³-hybridized carbons (Fsp3) is 0.0588. The van der Waals surface area contributed by atoms with E-state index in [0.29, 0.717) is 11.2 Å². The van der Waals surface area contributed by atoms with Gasteiger partial charge in [0.1, 0.15) is 11.3 Å². The Morgan fingerprint density at radius 1 is 0.684 bits per heavy atom. The summed E-state index contributed by atoms with van der Waals surface area (Å²) in [5.74, 6) is 1.59. The Hall–Kier alpha value is -4.28. The van der Waals surface area contributed by atoms with Gasteiger partial charge in [0.05, 0.1) is 16.7 Å². The molecule has 0 unspecified atom stereocenters. The van der Waals surface area contributed by atoms with Gasteiger partial charge in [-0.05, 0) is 30.2 Å². The quantitative estimate of drug-likeness (QED) is 0.191. The minimum Gasteiger partial charge on any atom is -0.459 e. The maximum absolute atomic E-state index is 6.38. The SMILES string of the molecule is C/C=C\c1c(CBr)oc2c(-c3cc(-c4ccc(-c5ccccc5)cc4)nc(-c4ccccc4)n3)cccc12. The first-order chi connectivity index (χ1) is 18.7. The van der Waals surface area contributed by atoms with Crippen LogP contribution in [0.25, 0.3) is 62.1 Å². The molecule has 6 rings (SSSR count). The number of nitrogens with zero attached hydrogens (tertiary/aromatic N) is 2. The third kappa shape index (κ3) is 4.59. The second kappa shape index (κ2) is 10.6. The molecule has 0 saturated carbocycles. The second-order valence-corrected chi connectivity index (χ2v) is 9.59. The van der Waals surface area contributed by atoms with Gasteiger partial charge < -0.3 is 4.42 Å². The Morgan fingerprint density at radius 3 is 2.00 bits per heavy atom. The number of aromatic nitrogens is 2. The van der Waals surface area contributed by atoms with Gasteiger partial charge in [-0.1, -0.05) is 125 Å². The Labute approximate surface area is 230 Å². The average Bonchev–Trinajstić information content (AvgIpc) is 3.36. The van der Waals surface area contributed by atoms with Gasteiger partial charge in [-0.15, -0.1) is 0 Å². The molecule has 184 valence electrons. The molecule has 0 aliphatic carbocycles. The van der Waals surface area contributed by atoms with Crippen molar-refractivity contribution >= 4 is 33.0 Å². The maximum atomic E-state index is 6.38. The van der Waals surface area contributed by atoms with Crippen LogP contribution in [0.3, 0.4) is 0 Å². The van der Waals surface area contributed by atoms with Gasteiger partial charge in [-0.25, -0.2) is 9.97 Å². The predicted molar refractivity (Wildman–Crippen MR) is 161 cm³/mol. The Bertz CT molecular complexity index is 1740. The minimum atomic E-state index is 0.638. The van der Waals surface area contributed by atoms with Crippen LogP contribution >= 0.6 is 15.9 Å². The van der Waals surface area contributed by atoms with Crippen LogP contribution in [0.5, 0.6) is 0 Å². The molecule has 0 radical (unpaired) electrons. The molecule has 0 aliphatic rings. The normalized spacial score (nSPS) is 11.4. The van der Waals surface area contributed by atoms with Gasteiger partial charge in [0.15, 0.2) is 5.82 Å². The van der Waals surface area contributed by atoms with Crippen molar-refractivity contribution in [3.05, 3.63) is 127 Å². The van der Waals surface area contributed by atoms with Gasteiger partial charge in [0, 0.05) is 27.6 Å². The molecule has 38 heavy (non-hydrogen) atoms. The first-order valence-corrected chi connectivity index (χ1v) is 13.7. The highest BCUT2D eigenvalue weighted by atomic mass is 79.9. The number of para-hydroxylation sites is 1. The summed E-state index contributed by atoms with van der Waals surface area (Å²) in [5, 5.41) is 1.71. The van der Waals surface area contributed by atoms with E-state index >= 15 is 0 Å². The lowest BCUT2D eigenvalue weighted by atomic mass is 10.0. The number of halogens is 1. The second-order valence-electron chi connectivity index (χ2n) is 9.03. The molecule has 0 N–H and O–H groups in total. The smallest absolute Gasteiger partial charge is 0.160 e. The fourth-order valence-electron chi connectivity index (χ4n) is 4.75. The summed E-state index contributed by atoms with van der Waals surface area (Å²) in [6.45, 7) is 2.02. The van der Waals surface area contributed by atoms with E-state index in [1.165, 1.54) is 11.1 Å². The Morgan fingerprint density at radius 2 is 1.32 bits per heavy atom. The van der Waals surface area contributed by atoms with Crippen molar-refractivity contribution in [3.8, 4) is 45.0 Å². The van der Waals surface area contributed by atoms with E-state index in [-0.39, 0.29) is 0 Å². The molecule has 0 atom stereocenters. The van der Waals surface area contributed by atoms with Gasteiger partial charge in [0.25, 0.3) is 0 Å². The average molecular weight is 557 g/mol. The van der Waals surface area contributed by atoms with E-state index in [9.17, 15) is 0 Å². The first-order valence-electron chi connectivity index (χ1n) is 12.6. The number of allylic oxidation sites excluding steroid dienone is 1. The van der Waals surface area contributed by atoms with E-state index in [2.05, 4.69) is 94.8 Å². The largest absolute Gasteiger partial charge is 0.459 e. The summed E-state index contributed by atoms with van der Waals surface area (Å²) in [7, 11) is 0. The van der Waals surface area contributed by atoms with Crippen LogP contribution in [-0.2, 0) is 5.33 Å². The highest BCUT2D eigenvalue weighted by Gasteiger charge is 2.18. The third-order valence-electron chi connectivity index (χ3n) is 6.61. The molecule has 0 bridgehead atoms. The molecule has 4 aromatic carbocycles. The van der Waals surface area contributed by atoms with Crippen LogP contribution in [0.4, 0.5) is 0 Å². The van der Waals surface area contributed by atoms with E-state index in [4.69, 9.17) is 14.4 Å². The molecule has 6 aromatic rings. The molecular formula is C34H25BrN2O. The summed E-state index contributed by atoms with van der Waals surface area (Å²) in [6, 6.07) is 37.4. The van der Waals surface area contributed by atoms with E-state index in [1.54, 1.807) is 0 Å². The summed E-state index contributed by atoms with van der Waals surface area (Å²) in [4.78, 5) is 10.0. The van der Waals surface area contributed by atoms with Crippen molar-refractivity contribution in [2.75, 3.05) is 0 Å². The molecule has 0 fully saturated rings. The maximum Gasteiger partial charge on any atom is 0.160 e. The van der Waals surface area contributed by atoms with E-state index < -0.39 is 0 Å². The lowest BCUT2D eigenvalue weighted by molar-refractivity contribution is 0.575. The number of furan rings is 1. The molecule has 3 nitrogen and oxygen atoms in total. The van der Waals surface area contributed by atoms with Crippen LogP contribution in [0, 0.1) is 0 Å². The van der Waals surface area contributed by atoms with Gasteiger partial charge in [0.2, 0.25) is 0 Å². The topological polar surface area (TPSA) is 38.9 Å². The zero-order valence-corrected chi connectivity index (χ0v) is 22.5. The first kappa shape index (κ1) is 24.1. The molecule has 0 aliphatic heterocycles. The van der Waals surface area contributed by atoms with Gasteiger partial charge >= 0.3 is 0 Å². The Balaban J connectivity index is 1.53. The summed E-state index contributed by atoms with van der Waals surface area (Å²) < 4.78 is 6.38. The van der Waals surface area contributed by atoms with Crippen molar-refractivity contribution in [2.24, 2.45) is 0 Å². The molecule has 0 saturated heterocycles. The third-order valence-corrected chi connectivity index (χ3v) is 7.12. The fourth-order valence-corrected chi connectivity index (χ4v) is 5.17. The molecule has 2 aromatic heterocycles. The number of fused-ring (bicyclic) bond motifs is 1. The van der Waals surface area contributed by atoms with E-state index in [0.717, 1.165) is 50.4 Å². The van der Waals surface area contributed by atoms with Crippen molar-refractivity contribution in [2.45, 2.75) is 12.3 Å². The zero-order valence-electron chi connectivity index (χ0n) is 20.9. The summed E-state index contributed by atoms with van der Waals surface area (Å²) in [6.07, 6.45) is 4.14. The number of rotatable bonds is 6. The number of benzene rings is 4. The standard InChI is InChI=1S/C34H25BrN2O/c1-2-10-27-28-15-9-16-29(33(28)38-32(27)22-35)31-21-30(36-34(37-31)26-13-7-4-8-14-26)25-19-17-24(18-20-25)23-11-5-3-6-12-23/h2-21H,22H2,1H3/b10-2-. The summed E-state index contributed by atoms with van der Waals surface area (Å²) >= 11 is 3.59. The van der Waals surface area contributed by atoms with E-state index in [1.807, 2.05) is 49.4 Å². The van der Waals surface area contributed by atoms with Crippen LogP contribution in [-0.4, -0.2) is 9.97 Å². The molecule has 2 heterocycles. The molecule has 4 heteroatoms. The number of alkyl halides is 1. The van der Waals surface area contributed by atoms with Crippen molar-refractivity contribution in [1.29, 1.82) is 0 Å². The summed E-state index contributed by atoms with van der Waals surface area (Å²) in [5.41, 5.74) is 8.93. The molecular weight excluding hydrogens is 532 g/mol. The Kier molecular flexibility index (Phi) is 6.72. The van der Waals surface area contributed by atoms with Crippen LogP contribution < -0.4 is 0 Å². The number of hydrogen-bond acceptors (Lipinski definition) is 3. The van der Waals surface area contributed by atoms with Crippen molar-refractivity contribution < 1.29 is 4.42 Å². The highest BCUT2D eigenvalue weighted by molar-refractivity contribution is 9.08. The molecule has 0 amide bonds. The van der Waals surface area contributed by atoms with Crippen molar-refractivity contribution in [3.63, 3.8) is 0 Å². The van der Waals surface area contributed by atoms with Gasteiger partial charge in [-0.3, -0.25) is 0 Å². The predicted octanol–water partition coefficient (Wildman–Crippen LogP) is 9.82. The number of hydrogen-bond donors (Lipinski definition) is 0. The van der Waals surface area contributed by atoms with Crippen LogP contribution in [0.2, 0.25) is 0 Å². The lowest BCUT2D eigenvalue weighted by Crippen LogP contribution is -1.96.